The Bertz CT molecular complexity index is 528. The predicted molar refractivity (Wildman–Crippen MR) is 79.2 cm³/mol. The lowest BCUT2D eigenvalue weighted by molar-refractivity contribution is 0.613. The summed E-state index contributed by atoms with van der Waals surface area (Å²) in [5, 5.41) is 3.25. The number of aryl methyl sites for hydroxylation is 1. The molecule has 0 amide bonds. The quantitative estimate of drug-likeness (QED) is 0.761. The van der Waals surface area contributed by atoms with Crippen LogP contribution in [0.1, 0.15) is 17.5 Å². The third kappa shape index (κ3) is 4.25. The fourth-order valence-corrected chi connectivity index (χ4v) is 2.08. The summed E-state index contributed by atoms with van der Waals surface area (Å²) in [7, 11) is 0. The molecule has 0 aromatic heterocycles. The molecular weight excluding hydrogens is 261 g/mol. The molecule has 2 rings (SSSR count). The lowest BCUT2D eigenvalue weighted by Gasteiger charge is -2.09. The SMILES string of the molecule is Fc1ccccc1CNc1cccc(CCCCl)c1. The Balaban J connectivity index is 1.98. The molecule has 100 valence electrons. The Morgan fingerprint density at radius 1 is 1.05 bits per heavy atom. The van der Waals surface area contributed by atoms with E-state index in [2.05, 4.69) is 17.4 Å². The van der Waals surface area contributed by atoms with E-state index in [9.17, 15) is 4.39 Å². The number of halogens is 2. The number of alkyl halides is 1. The van der Waals surface area contributed by atoms with E-state index in [1.54, 1.807) is 12.1 Å². The van der Waals surface area contributed by atoms with Gasteiger partial charge in [-0.15, -0.1) is 11.6 Å². The zero-order valence-electron chi connectivity index (χ0n) is 10.7. The van der Waals surface area contributed by atoms with Gasteiger partial charge < -0.3 is 5.32 Å². The van der Waals surface area contributed by atoms with Crippen LogP contribution in [-0.2, 0) is 13.0 Å². The van der Waals surface area contributed by atoms with Crippen molar-refractivity contribution in [2.24, 2.45) is 0 Å². The molecule has 0 aliphatic rings. The summed E-state index contributed by atoms with van der Waals surface area (Å²) in [6.07, 6.45) is 1.94. The normalized spacial score (nSPS) is 10.4. The minimum Gasteiger partial charge on any atom is -0.381 e. The highest BCUT2D eigenvalue weighted by molar-refractivity contribution is 6.17. The molecule has 0 saturated heterocycles. The van der Waals surface area contributed by atoms with Crippen LogP contribution in [0.4, 0.5) is 10.1 Å². The van der Waals surface area contributed by atoms with Crippen LogP contribution in [0.2, 0.25) is 0 Å². The standard InChI is InChI=1S/C16H17ClFN/c17-10-4-6-13-5-3-8-15(11-13)19-12-14-7-1-2-9-16(14)18/h1-3,5,7-9,11,19H,4,6,10,12H2. The lowest BCUT2D eigenvalue weighted by atomic mass is 10.1. The van der Waals surface area contributed by atoms with Crippen LogP contribution in [0.3, 0.4) is 0 Å². The number of benzene rings is 2. The number of hydrogen-bond acceptors (Lipinski definition) is 1. The monoisotopic (exact) mass is 277 g/mol. The molecule has 0 saturated carbocycles. The molecule has 0 radical (unpaired) electrons. The summed E-state index contributed by atoms with van der Waals surface area (Å²) in [5.41, 5.74) is 2.93. The van der Waals surface area contributed by atoms with Gasteiger partial charge in [0.15, 0.2) is 0 Å². The van der Waals surface area contributed by atoms with Gasteiger partial charge in [0.1, 0.15) is 5.82 Å². The van der Waals surface area contributed by atoms with Gasteiger partial charge in [0.05, 0.1) is 0 Å². The van der Waals surface area contributed by atoms with Gasteiger partial charge in [-0.3, -0.25) is 0 Å². The van der Waals surface area contributed by atoms with Crippen LogP contribution >= 0.6 is 11.6 Å². The first kappa shape index (κ1) is 13.9. The minimum absolute atomic E-state index is 0.173. The van der Waals surface area contributed by atoms with E-state index < -0.39 is 0 Å². The fraction of sp³-hybridized carbons (Fsp3) is 0.250. The molecule has 0 heterocycles. The summed E-state index contributed by atoms with van der Waals surface area (Å²) in [6, 6.07) is 15.0. The second-order valence-corrected chi connectivity index (χ2v) is 4.82. The van der Waals surface area contributed by atoms with Crippen molar-refractivity contribution < 1.29 is 4.39 Å². The summed E-state index contributed by atoms with van der Waals surface area (Å²) < 4.78 is 13.5. The second kappa shape index (κ2) is 7.15. The van der Waals surface area contributed by atoms with Gasteiger partial charge in [-0.25, -0.2) is 4.39 Å². The Labute approximate surface area is 118 Å². The Morgan fingerprint density at radius 2 is 1.89 bits per heavy atom. The molecule has 19 heavy (non-hydrogen) atoms. The first-order valence-electron chi connectivity index (χ1n) is 6.42. The second-order valence-electron chi connectivity index (χ2n) is 4.44. The predicted octanol–water partition coefficient (Wildman–Crippen LogP) is 4.61. The van der Waals surface area contributed by atoms with Crippen LogP contribution in [0.15, 0.2) is 48.5 Å². The van der Waals surface area contributed by atoms with Crippen LogP contribution < -0.4 is 5.32 Å². The number of nitrogens with one attached hydrogen (secondary N) is 1. The lowest BCUT2D eigenvalue weighted by Crippen LogP contribution is -2.02. The van der Waals surface area contributed by atoms with E-state index in [1.807, 2.05) is 18.2 Å². The summed E-state index contributed by atoms with van der Waals surface area (Å²) >= 11 is 5.69. The van der Waals surface area contributed by atoms with Gasteiger partial charge >= 0.3 is 0 Å². The molecule has 0 spiro atoms. The molecule has 0 unspecified atom stereocenters. The van der Waals surface area contributed by atoms with Crippen molar-refractivity contribution >= 4 is 17.3 Å². The Hall–Kier alpha value is -1.54. The molecule has 1 N–H and O–H groups in total. The van der Waals surface area contributed by atoms with Crippen molar-refractivity contribution in [3.8, 4) is 0 Å². The maximum Gasteiger partial charge on any atom is 0.128 e. The van der Waals surface area contributed by atoms with Gasteiger partial charge in [-0.2, -0.15) is 0 Å². The highest BCUT2D eigenvalue weighted by Gasteiger charge is 2.01. The number of anilines is 1. The zero-order chi connectivity index (χ0) is 13.5. The first-order chi connectivity index (χ1) is 9.29. The Kier molecular flexibility index (Phi) is 5.22. The van der Waals surface area contributed by atoms with E-state index in [0.717, 1.165) is 18.5 Å². The highest BCUT2D eigenvalue weighted by atomic mass is 35.5. The average Bonchev–Trinajstić information content (AvgIpc) is 2.45. The molecule has 0 atom stereocenters. The van der Waals surface area contributed by atoms with E-state index in [4.69, 9.17) is 11.6 Å². The van der Waals surface area contributed by atoms with Crippen LogP contribution in [0.5, 0.6) is 0 Å². The highest BCUT2D eigenvalue weighted by Crippen LogP contribution is 2.15. The van der Waals surface area contributed by atoms with Gasteiger partial charge in [0.25, 0.3) is 0 Å². The molecule has 3 heteroatoms. The molecular formula is C16H17ClFN. The maximum atomic E-state index is 13.5. The van der Waals surface area contributed by atoms with Crippen molar-refractivity contribution in [2.45, 2.75) is 19.4 Å². The Morgan fingerprint density at radius 3 is 2.68 bits per heavy atom. The van der Waals surface area contributed by atoms with Crippen molar-refractivity contribution in [3.63, 3.8) is 0 Å². The number of rotatable bonds is 6. The smallest absolute Gasteiger partial charge is 0.128 e. The van der Waals surface area contributed by atoms with Crippen molar-refractivity contribution in [1.82, 2.24) is 0 Å². The molecule has 0 aliphatic carbocycles. The maximum absolute atomic E-state index is 13.5. The third-order valence-electron chi connectivity index (χ3n) is 2.97. The molecule has 0 aliphatic heterocycles. The van der Waals surface area contributed by atoms with Crippen LogP contribution in [0.25, 0.3) is 0 Å². The van der Waals surface area contributed by atoms with Gasteiger partial charge in [0.2, 0.25) is 0 Å². The van der Waals surface area contributed by atoms with Crippen LogP contribution in [-0.4, -0.2) is 5.88 Å². The zero-order valence-corrected chi connectivity index (χ0v) is 11.5. The third-order valence-corrected chi connectivity index (χ3v) is 3.23. The topological polar surface area (TPSA) is 12.0 Å². The molecule has 2 aromatic carbocycles. The van der Waals surface area contributed by atoms with Gasteiger partial charge in [-0.05, 0) is 36.6 Å². The molecule has 0 fully saturated rings. The summed E-state index contributed by atoms with van der Waals surface area (Å²) in [6.45, 7) is 0.492. The first-order valence-corrected chi connectivity index (χ1v) is 6.95. The average molecular weight is 278 g/mol. The van der Waals surface area contributed by atoms with E-state index >= 15 is 0 Å². The minimum atomic E-state index is -0.173. The van der Waals surface area contributed by atoms with Crippen LogP contribution in [0, 0.1) is 5.82 Å². The summed E-state index contributed by atoms with van der Waals surface area (Å²) in [4.78, 5) is 0. The largest absolute Gasteiger partial charge is 0.381 e. The number of hydrogen-bond donors (Lipinski definition) is 1. The summed E-state index contributed by atoms with van der Waals surface area (Å²) in [5.74, 6) is 0.501. The van der Waals surface area contributed by atoms with Gasteiger partial charge in [-0.1, -0.05) is 30.3 Å². The molecule has 0 bridgehead atoms. The fourth-order valence-electron chi connectivity index (χ4n) is 1.95. The molecule has 2 aromatic rings. The van der Waals surface area contributed by atoms with Gasteiger partial charge in [0, 0.05) is 23.7 Å². The van der Waals surface area contributed by atoms with Crippen molar-refractivity contribution in [2.75, 3.05) is 11.2 Å². The van der Waals surface area contributed by atoms with Crippen molar-refractivity contribution in [3.05, 3.63) is 65.5 Å². The van der Waals surface area contributed by atoms with Crippen molar-refractivity contribution in [1.29, 1.82) is 0 Å². The van der Waals surface area contributed by atoms with E-state index in [0.29, 0.717) is 18.0 Å². The molecule has 1 nitrogen and oxygen atoms in total. The van der Waals surface area contributed by atoms with E-state index in [-0.39, 0.29) is 5.82 Å². The van der Waals surface area contributed by atoms with E-state index in [1.165, 1.54) is 11.6 Å².